The largest absolute Gasteiger partial charge is 0.337 e. The first-order chi connectivity index (χ1) is 17.6. The van der Waals surface area contributed by atoms with Crippen molar-refractivity contribution in [3.8, 4) is 33.8 Å². The second kappa shape index (κ2) is 8.98. The Labute approximate surface area is 205 Å². The minimum atomic E-state index is -0.391. The Kier molecular flexibility index (Phi) is 5.50. The maximum Gasteiger partial charge on any atom is 0.159 e. The van der Waals surface area contributed by atoms with Crippen LogP contribution in [0, 0.1) is 11.6 Å². The SMILES string of the molecule is CCNCc1cncc(-c2ccc3[nH]nc(-c4nc5c(-c6ccc(F)cc6)cccc5[nH]4)c3c2F)c1. The zero-order chi connectivity index (χ0) is 24.6. The molecule has 0 spiro atoms. The lowest BCUT2D eigenvalue weighted by Gasteiger charge is -2.07. The topological polar surface area (TPSA) is 82.3 Å². The molecule has 0 aliphatic rings. The lowest BCUT2D eigenvalue weighted by molar-refractivity contribution is 0.628. The van der Waals surface area contributed by atoms with Crippen molar-refractivity contribution >= 4 is 21.9 Å². The molecule has 0 saturated heterocycles. The standard InChI is InChI=1S/C28H22F2N6/c1-2-31-13-16-12-18(15-32-14-16)20-10-11-22-24(25(20)30)27(36-35-22)28-33-23-5-3-4-21(26(23)34-28)17-6-8-19(29)9-7-17/h3-12,14-15,31H,2,13H2,1H3,(H,33,34)(H,35,36). The van der Waals surface area contributed by atoms with Crippen molar-refractivity contribution < 1.29 is 8.78 Å². The van der Waals surface area contributed by atoms with Gasteiger partial charge in [-0.3, -0.25) is 10.1 Å². The molecule has 0 atom stereocenters. The van der Waals surface area contributed by atoms with E-state index < -0.39 is 5.82 Å². The predicted molar refractivity (Wildman–Crippen MR) is 137 cm³/mol. The summed E-state index contributed by atoms with van der Waals surface area (Å²) in [6.07, 6.45) is 3.44. The second-order valence-corrected chi connectivity index (χ2v) is 8.58. The normalized spacial score (nSPS) is 11.5. The summed E-state index contributed by atoms with van der Waals surface area (Å²) in [5.41, 5.74) is 6.24. The van der Waals surface area contributed by atoms with E-state index in [0.717, 1.165) is 28.8 Å². The quantitative estimate of drug-likeness (QED) is 0.264. The zero-order valence-corrected chi connectivity index (χ0v) is 19.4. The molecule has 178 valence electrons. The van der Waals surface area contributed by atoms with Crippen LogP contribution in [0.1, 0.15) is 12.5 Å². The number of H-pyrrole nitrogens is 2. The fourth-order valence-electron chi connectivity index (χ4n) is 4.47. The number of fused-ring (bicyclic) bond motifs is 2. The van der Waals surface area contributed by atoms with Crippen molar-refractivity contribution in [3.63, 3.8) is 0 Å². The minimum absolute atomic E-state index is 0.301. The summed E-state index contributed by atoms with van der Waals surface area (Å²) < 4.78 is 29.4. The number of para-hydroxylation sites is 1. The van der Waals surface area contributed by atoms with E-state index in [9.17, 15) is 4.39 Å². The van der Waals surface area contributed by atoms with Crippen LogP contribution in [0.15, 0.2) is 73.1 Å². The average molecular weight is 481 g/mol. The van der Waals surface area contributed by atoms with Crippen molar-refractivity contribution in [2.24, 2.45) is 0 Å². The van der Waals surface area contributed by atoms with Gasteiger partial charge in [-0.15, -0.1) is 0 Å². The van der Waals surface area contributed by atoms with Gasteiger partial charge in [0, 0.05) is 35.6 Å². The highest BCUT2D eigenvalue weighted by molar-refractivity contribution is 5.98. The monoisotopic (exact) mass is 480 g/mol. The summed E-state index contributed by atoms with van der Waals surface area (Å²) in [5.74, 6) is -0.246. The highest BCUT2D eigenvalue weighted by atomic mass is 19.1. The van der Waals surface area contributed by atoms with Gasteiger partial charge in [-0.2, -0.15) is 5.10 Å². The molecular weight excluding hydrogens is 458 g/mol. The first kappa shape index (κ1) is 22.1. The number of nitrogens with one attached hydrogen (secondary N) is 3. The zero-order valence-electron chi connectivity index (χ0n) is 19.4. The number of hydrogen-bond acceptors (Lipinski definition) is 4. The molecule has 0 fully saturated rings. The van der Waals surface area contributed by atoms with Crippen molar-refractivity contribution in [3.05, 3.63) is 90.3 Å². The number of aromatic nitrogens is 5. The van der Waals surface area contributed by atoms with Crippen molar-refractivity contribution in [1.82, 2.24) is 30.5 Å². The van der Waals surface area contributed by atoms with Crippen LogP contribution in [0.5, 0.6) is 0 Å². The third-order valence-corrected chi connectivity index (χ3v) is 6.24. The fraction of sp³-hybridized carbons (Fsp3) is 0.107. The van der Waals surface area contributed by atoms with Gasteiger partial charge in [0.05, 0.1) is 21.9 Å². The van der Waals surface area contributed by atoms with Crippen LogP contribution in [0.25, 0.3) is 55.7 Å². The summed E-state index contributed by atoms with van der Waals surface area (Å²) >= 11 is 0. The minimum Gasteiger partial charge on any atom is -0.337 e. The third-order valence-electron chi connectivity index (χ3n) is 6.24. The maximum atomic E-state index is 16.0. The molecule has 0 aliphatic heterocycles. The first-order valence-electron chi connectivity index (χ1n) is 11.7. The molecule has 0 amide bonds. The van der Waals surface area contributed by atoms with E-state index in [4.69, 9.17) is 4.98 Å². The number of nitrogens with zero attached hydrogens (tertiary/aromatic N) is 3. The van der Waals surface area contributed by atoms with Gasteiger partial charge in [0.25, 0.3) is 0 Å². The van der Waals surface area contributed by atoms with E-state index in [1.165, 1.54) is 12.1 Å². The van der Waals surface area contributed by atoms with E-state index in [2.05, 4.69) is 25.5 Å². The Morgan fingerprint density at radius 2 is 1.75 bits per heavy atom. The van der Waals surface area contributed by atoms with Gasteiger partial charge in [-0.1, -0.05) is 31.2 Å². The molecule has 0 unspecified atom stereocenters. The highest BCUT2D eigenvalue weighted by Crippen LogP contribution is 2.35. The third kappa shape index (κ3) is 3.81. The van der Waals surface area contributed by atoms with Crippen LogP contribution >= 0.6 is 0 Å². The molecule has 3 N–H and O–H groups in total. The number of hydrogen-bond donors (Lipinski definition) is 3. The van der Waals surface area contributed by atoms with Crippen molar-refractivity contribution in [2.45, 2.75) is 13.5 Å². The van der Waals surface area contributed by atoms with E-state index in [1.807, 2.05) is 37.3 Å². The van der Waals surface area contributed by atoms with Gasteiger partial charge < -0.3 is 10.3 Å². The summed E-state index contributed by atoms with van der Waals surface area (Å²) in [5, 5.41) is 10.9. The molecule has 8 heteroatoms. The van der Waals surface area contributed by atoms with Gasteiger partial charge in [0.15, 0.2) is 5.82 Å². The molecule has 0 saturated carbocycles. The van der Waals surface area contributed by atoms with E-state index in [0.29, 0.717) is 45.6 Å². The number of pyridine rings is 1. The first-order valence-corrected chi connectivity index (χ1v) is 11.7. The van der Waals surface area contributed by atoms with Gasteiger partial charge in [-0.05, 0) is 54.1 Å². The van der Waals surface area contributed by atoms with Gasteiger partial charge >= 0.3 is 0 Å². The molecule has 0 bridgehead atoms. The van der Waals surface area contributed by atoms with Gasteiger partial charge in [0.2, 0.25) is 0 Å². The Bertz CT molecular complexity index is 1700. The molecule has 6 rings (SSSR count). The van der Waals surface area contributed by atoms with E-state index in [1.54, 1.807) is 30.6 Å². The molecule has 3 aromatic carbocycles. The molecule has 0 aliphatic carbocycles. The van der Waals surface area contributed by atoms with Crippen LogP contribution in [0.4, 0.5) is 8.78 Å². The van der Waals surface area contributed by atoms with E-state index in [-0.39, 0.29) is 5.82 Å². The molecule has 6 aromatic rings. The highest BCUT2D eigenvalue weighted by Gasteiger charge is 2.20. The van der Waals surface area contributed by atoms with Gasteiger partial charge in [-0.25, -0.2) is 13.8 Å². The molecule has 36 heavy (non-hydrogen) atoms. The number of aromatic amines is 2. The Morgan fingerprint density at radius 1 is 0.889 bits per heavy atom. The van der Waals surface area contributed by atoms with E-state index >= 15 is 4.39 Å². The van der Waals surface area contributed by atoms with Crippen molar-refractivity contribution in [2.75, 3.05) is 6.54 Å². The van der Waals surface area contributed by atoms with Crippen LogP contribution in [-0.2, 0) is 6.54 Å². The second-order valence-electron chi connectivity index (χ2n) is 8.58. The number of imidazole rings is 1. The summed E-state index contributed by atoms with van der Waals surface area (Å²) in [6, 6.07) is 17.5. The van der Waals surface area contributed by atoms with Gasteiger partial charge in [0.1, 0.15) is 17.3 Å². The molecule has 3 aromatic heterocycles. The molecule has 0 radical (unpaired) electrons. The van der Waals surface area contributed by atoms with Crippen LogP contribution in [0.2, 0.25) is 0 Å². The van der Waals surface area contributed by atoms with Crippen LogP contribution in [-0.4, -0.2) is 31.7 Å². The predicted octanol–water partition coefficient (Wildman–Crippen LogP) is 6.22. The molecule has 6 nitrogen and oxygen atoms in total. The Morgan fingerprint density at radius 3 is 2.58 bits per heavy atom. The summed E-state index contributed by atoms with van der Waals surface area (Å²) in [6.45, 7) is 3.53. The number of benzene rings is 3. The number of rotatable bonds is 6. The molecular formula is C28H22F2N6. The average Bonchev–Trinajstić information content (AvgIpc) is 3.53. The summed E-state index contributed by atoms with van der Waals surface area (Å²) in [4.78, 5) is 12.4. The Hall–Kier alpha value is -4.43. The lowest BCUT2D eigenvalue weighted by Crippen LogP contribution is -2.11. The fourth-order valence-corrected chi connectivity index (χ4v) is 4.47. The molecule has 3 heterocycles. The maximum absolute atomic E-state index is 16.0. The Balaban J connectivity index is 1.47. The lowest BCUT2D eigenvalue weighted by atomic mass is 10.0. The van der Waals surface area contributed by atoms with Crippen LogP contribution in [0.3, 0.4) is 0 Å². The summed E-state index contributed by atoms with van der Waals surface area (Å²) in [7, 11) is 0. The van der Waals surface area contributed by atoms with Crippen LogP contribution < -0.4 is 5.32 Å². The smallest absolute Gasteiger partial charge is 0.159 e. The number of halogens is 2. The van der Waals surface area contributed by atoms with Crippen molar-refractivity contribution in [1.29, 1.82) is 0 Å².